The highest BCUT2D eigenvalue weighted by atomic mass is 16.5. The molecule has 0 aromatic carbocycles. The predicted molar refractivity (Wildman–Crippen MR) is 63.2 cm³/mol. The van der Waals surface area contributed by atoms with Crippen molar-refractivity contribution in [2.75, 3.05) is 46.0 Å². The molecular weight excluding hydrogens is 204 g/mol. The second kappa shape index (κ2) is 5.45. The van der Waals surface area contributed by atoms with Crippen LogP contribution in [0, 0.1) is 11.3 Å². The zero-order chi connectivity index (χ0) is 11.4. The Morgan fingerprint density at radius 1 is 1.38 bits per heavy atom. The van der Waals surface area contributed by atoms with Crippen LogP contribution in [0.5, 0.6) is 0 Å². The number of aliphatic hydroxyl groups is 1. The van der Waals surface area contributed by atoms with Gasteiger partial charge in [0.15, 0.2) is 0 Å². The maximum Gasteiger partial charge on any atom is 0.0547 e. The Bertz CT molecular complexity index is 209. The number of ether oxygens (including phenoxy) is 1. The number of rotatable bonds is 4. The summed E-state index contributed by atoms with van der Waals surface area (Å²) >= 11 is 0. The lowest BCUT2D eigenvalue weighted by Gasteiger charge is -2.37. The number of aliphatic hydroxyl groups excluding tert-OH is 1. The molecule has 3 N–H and O–H groups in total. The molecule has 0 saturated carbocycles. The van der Waals surface area contributed by atoms with Crippen molar-refractivity contribution in [3.05, 3.63) is 0 Å². The fourth-order valence-electron chi connectivity index (χ4n) is 2.80. The van der Waals surface area contributed by atoms with Crippen LogP contribution in [0.15, 0.2) is 0 Å². The van der Waals surface area contributed by atoms with Crippen LogP contribution < -0.4 is 5.73 Å². The van der Waals surface area contributed by atoms with Gasteiger partial charge in [0.05, 0.1) is 6.61 Å². The summed E-state index contributed by atoms with van der Waals surface area (Å²) in [7, 11) is 0. The average molecular weight is 228 g/mol. The molecule has 2 rings (SSSR count). The average Bonchev–Trinajstić information content (AvgIpc) is 2.79. The topological polar surface area (TPSA) is 58.7 Å². The SMILES string of the molecule is NCC1(CN2CCC(CO)CC2)CCOC1. The molecule has 0 aromatic rings. The van der Waals surface area contributed by atoms with Crippen LogP contribution in [0.3, 0.4) is 0 Å². The smallest absolute Gasteiger partial charge is 0.0547 e. The van der Waals surface area contributed by atoms with Gasteiger partial charge in [-0.05, 0) is 38.3 Å². The molecule has 0 spiro atoms. The lowest BCUT2D eigenvalue weighted by molar-refractivity contribution is 0.0790. The number of hydrogen-bond donors (Lipinski definition) is 2. The molecule has 4 heteroatoms. The van der Waals surface area contributed by atoms with Crippen LogP contribution in [0.25, 0.3) is 0 Å². The van der Waals surface area contributed by atoms with Crippen molar-refractivity contribution in [2.45, 2.75) is 19.3 Å². The van der Waals surface area contributed by atoms with E-state index >= 15 is 0 Å². The minimum Gasteiger partial charge on any atom is -0.396 e. The minimum absolute atomic E-state index is 0.200. The molecule has 0 aromatic heterocycles. The number of hydrogen-bond acceptors (Lipinski definition) is 4. The van der Waals surface area contributed by atoms with Gasteiger partial charge < -0.3 is 20.5 Å². The third-order valence-corrected chi connectivity index (χ3v) is 4.14. The molecule has 2 heterocycles. The zero-order valence-corrected chi connectivity index (χ0v) is 10.0. The molecule has 1 atom stereocenters. The first kappa shape index (κ1) is 12.3. The summed E-state index contributed by atoms with van der Waals surface area (Å²) in [4.78, 5) is 2.49. The van der Waals surface area contributed by atoms with Crippen LogP contribution in [0.2, 0.25) is 0 Å². The molecule has 2 aliphatic heterocycles. The Hall–Kier alpha value is -0.160. The Balaban J connectivity index is 1.81. The number of piperidine rings is 1. The van der Waals surface area contributed by atoms with Crippen molar-refractivity contribution in [1.82, 2.24) is 4.90 Å². The van der Waals surface area contributed by atoms with E-state index in [1.807, 2.05) is 0 Å². The normalized spacial score (nSPS) is 33.4. The largest absolute Gasteiger partial charge is 0.396 e. The van der Waals surface area contributed by atoms with E-state index in [1.165, 1.54) is 0 Å². The van der Waals surface area contributed by atoms with E-state index in [0.29, 0.717) is 12.5 Å². The van der Waals surface area contributed by atoms with Crippen molar-refractivity contribution in [3.8, 4) is 0 Å². The highest BCUT2D eigenvalue weighted by molar-refractivity contribution is 4.88. The molecule has 0 amide bonds. The summed E-state index contributed by atoms with van der Waals surface area (Å²) in [6.07, 6.45) is 3.35. The molecule has 0 radical (unpaired) electrons. The highest BCUT2D eigenvalue weighted by Crippen LogP contribution is 2.30. The second-order valence-corrected chi connectivity index (χ2v) is 5.41. The summed E-state index contributed by atoms with van der Waals surface area (Å²) < 4.78 is 5.49. The molecule has 1 unspecified atom stereocenters. The molecule has 2 fully saturated rings. The van der Waals surface area contributed by atoms with Gasteiger partial charge in [0.1, 0.15) is 0 Å². The molecule has 16 heavy (non-hydrogen) atoms. The molecular formula is C12H24N2O2. The summed E-state index contributed by atoms with van der Waals surface area (Å²) in [5, 5.41) is 9.10. The molecule has 0 aliphatic carbocycles. The van der Waals surface area contributed by atoms with Crippen molar-refractivity contribution in [2.24, 2.45) is 17.1 Å². The fourth-order valence-corrected chi connectivity index (χ4v) is 2.80. The van der Waals surface area contributed by atoms with E-state index in [0.717, 1.165) is 58.7 Å². The lowest BCUT2D eigenvalue weighted by atomic mass is 9.85. The molecule has 0 bridgehead atoms. The summed E-state index contributed by atoms with van der Waals surface area (Å²) in [6, 6.07) is 0. The molecule has 2 aliphatic rings. The monoisotopic (exact) mass is 228 g/mol. The Kier molecular flexibility index (Phi) is 4.19. The van der Waals surface area contributed by atoms with Crippen LogP contribution in [-0.2, 0) is 4.74 Å². The van der Waals surface area contributed by atoms with Crippen LogP contribution >= 0.6 is 0 Å². The second-order valence-electron chi connectivity index (χ2n) is 5.41. The first-order valence-corrected chi connectivity index (χ1v) is 6.39. The Morgan fingerprint density at radius 2 is 2.12 bits per heavy atom. The van der Waals surface area contributed by atoms with Crippen LogP contribution in [0.1, 0.15) is 19.3 Å². The van der Waals surface area contributed by atoms with Gasteiger partial charge in [-0.25, -0.2) is 0 Å². The van der Waals surface area contributed by atoms with E-state index in [-0.39, 0.29) is 5.41 Å². The van der Waals surface area contributed by atoms with Gasteiger partial charge in [-0.2, -0.15) is 0 Å². The van der Waals surface area contributed by atoms with E-state index in [9.17, 15) is 0 Å². The number of nitrogens with zero attached hydrogens (tertiary/aromatic N) is 1. The molecule has 2 saturated heterocycles. The minimum atomic E-state index is 0.200. The van der Waals surface area contributed by atoms with Gasteiger partial charge in [0, 0.05) is 31.7 Å². The maximum absolute atomic E-state index is 9.10. The van der Waals surface area contributed by atoms with Gasteiger partial charge in [-0.15, -0.1) is 0 Å². The summed E-state index contributed by atoms with van der Waals surface area (Å²) in [6.45, 7) is 6.04. The van der Waals surface area contributed by atoms with Gasteiger partial charge in [-0.3, -0.25) is 0 Å². The predicted octanol–water partition coefficient (Wildman–Crippen LogP) is 0.0561. The van der Waals surface area contributed by atoms with E-state index in [1.54, 1.807) is 0 Å². The van der Waals surface area contributed by atoms with Crippen molar-refractivity contribution >= 4 is 0 Å². The lowest BCUT2D eigenvalue weighted by Crippen LogP contribution is -2.46. The van der Waals surface area contributed by atoms with Crippen molar-refractivity contribution in [1.29, 1.82) is 0 Å². The van der Waals surface area contributed by atoms with Gasteiger partial charge in [0.25, 0.3) is 0 Å². The number of likely N-dealkylation sites (tertiary alicyclic amines) is 1. The van der Waals surface area contributed by atoms with E-state index in [4.69, 9.17) is 15.6 Å². The van der Waals surface area contributed by atoms with Gasteiger partial charge in [-0.1, -0.05) is 0 Å². The zero-order valence-electron chi connectivity index (χ0n) is 10.0. The Labute approximate surface area is 97.7 Å². The summed E-state index contributed by atoms with van der Waals surface area (Å²) in [5.41, 5.74) is 6.09. The first-order valence-electron chi connectivity index (χ1n) is 6.39. The molecule has 4 nitrogen and oxygen atoms in total. The summed E-state index contributed by atoms with van der Waals surface area (Å²) in [5.74, 6) is 0.518. The van der Waals surface area contributed by atoms with Gasteiger partial charge in [0.2, 0.25) is 0 Å². The quantitative estimate of drug-likeness (QED) is 0.714. The van der Waals surface area contributed by atoms with E-state index in [2.05, 4.69) is 4.90 Å². The Morgan fingerprint density at radius 3 is 2.62 bits per heavy atom. The fraction of sp³-hybridized carbons (Fsp3) is 1.00. The third kappa shape index (κ3) is 2.74. The first-order chi connectivity index (χ1) is 7.78. The third-order valence-electron chi connectivity index (χ3n) is 4.14. The number of nitrogens with two attached hydrogens (primary N) is 1. The highest BCUT2D eigenvalue weighted by Gasteiger charge is 2.36. The van der Waals surface area contributed by atoms with Crippen LogP contribution in [-0.4, -0.2) is 56.0 Å². The molecule has 94 valence electrons. The van der Waals surface area contributed by atoms with Gasteiger partial charge >= 0.3 is 0 Å². The standard InChI is InChI=1S/C12H24N2O2/c13-8-12(3-6-16-10-12)9-14-4-1-11(7-15)2-5-14/h11,15H,1-10,13H2. The van der Waals surface area contributed by atoms with Crippen molar-refractivity contribution < 1.29 is 9.84 Å². The van der Waals surface area contributed by atoms with Crippen LogP contribution in [0.4, 0.5) is 0 Å². The van der Waals surface area contributed by atoms with Crippen molar-refractivity contribution in [3.63, 3.8) is 0 Å². The maximum atomic E-state index is 9.10. The van der Waals surface area contributed by atoms with E-state index < -0.39 is 0 Å².